The Morgan fingerprint density at radius 3 is 2.75 bits per heavy atom. The molecule has 0 radical (unpaired) electrons. The first kappa shape index (κ1) is 10.8. The van der Waals surface area contributed by atoms with E-state index < -0.39 is 0 Å². The molecule has 84 valence electrons. The van der Waals surface area contributed by atoms with E-state index in [4.69, 9.17) is 21.9 Å². The van der Waals surface area contributed by atoms with Gasteiger partial charge >= 0.3 is 0 Å². The van der Waals surface area contributed by atoms with Crippen LogP contribution in [-0.2, 0) is 6.42 Å². The molecule has 0 bridgehead atoms. The topological polar surface area (TPSA) is 72.3 Å². The number of halogens is 1. The normalized spacial score (nSPS) is 10.6. The smallest absolute Gasteiger partial charge is 0.230 e. The number of nitrogen functional groups attached to an aromatic ring is 1. The van der Waals surface area contributed by atoms with Crippen molar-refractivity contribution in [1.82, 2.24) is 5.16 Å². The van der Waals surface area contributed by atoms with Crippen molar-refractivity contribution in [3.8, 4) is 16.9 Å². The molecule has 1 aromatic heterocycles. The Morgan fingerprint density at radius 2 is 2.19 bits per heavy atom. The monoisotopic (exact) mass is 238 g/mol. The maximum Gasteiger partial charge on any atom is 0.230 e. The molecule has 2 rings (SSSR count). The van der Waals surface area contributed by atoms with Crippen molar-refractivity contribution in [2.75, 3.05) is 5.73 Å². The minimum absolute atomic E-state index is 0.166. The van der Waals surface area contributed by atoms with Crippen LogP contribution in [0.1, 0.15) is 12.5 Å². The molecule has 1 aromatic carbocycles. The quantitative estimate of drug-likeness (QED) is 0.844. The molecule has 0 saturated heterocycles. The minimum Gasteiger partial charge on any atom is -0.507 e. The van der Waals surface area contributed by atoms with E-state index in [1.54, 1.807) is 12.1 Å². The van der Waals surface area contributed by atoms with Crippen molar-refractivity contribution in [2.24, 2.45) is 0 Å². The third-order valence-corrected chi connectivity index (χ3v) is 2.64. The predicted molar refractivity (Wildman–Crippen MR) is 62.4 cm³/mol. The van der Waals surface area contributed by atoms with Crippen LogP contribution in [-0.4, -0.2) is 10.3 Å². The molecule has 3 N–H and O–H groups in total. The number of phenolic OH excluding ortho intramolecular Hbond substituents is 1. The average molecular weight is 239 g/mol. The second-order valence-corrected chi connectivity index (χ2v) is 3.85. The summed E-state index contributed by atoms with van der Waals surface area (Å²) in [6, 6.07) is 3.36. The first-order valence-corrected chi connectivity index (χ1v) is 5.23. The van der Waals surface area contributed by atoms with Gasteiger partial charge in [-0.25, -0.2) is 0 Å². The number of nitrogens with two attached hydrogens (primary N) is 1. The second kappa shape index (κ2) is 4.06. The molecule has 1 heterocycles. The summed E-state index contributed by atoms with van der Waals surface area (Å²) in [4.78, 5) is 0. The van der Waals surface area contributed by atoms with Gasteiger partial charge in [0.2, 0.25) is 5.88 Å². The summed E-state index contributed by atoms with van der Waals surface area (Å²) in [5, 5.41) is 14.1. The van der Waals surface area contributed by atoms with Crippen molar-refractivity contribution in [3.05, 3.63) is 28.9 Å². The van der Waals surface area contributed by atoms with E-state index in [0.29, 0.717) is 22.6 Å². The number of hydrogen-bond acceptors (Lipinski definition) is 4. The highest BCUT2D eigenvalue weighted by Gasteiger charge is 2.15. The summed E-state index contributed by atoms with van der Waals surface area (Å²) in [7, 11) is 0. The molecule has 0 fully saturated rings. The lowest BCUT2D eigenvalue weighted by Gasteiger charge is -2.08. The van der Waals surface area contributed by atoms with E-state index >= 15 is 0 Å². The zero-order chi connectivity index (χ0) is 11.7. The van der Waals surface area contributed by atoms with Gasteiger partial charge in [-0.05, 0) is 24.1 Å². The highest BCUT2D eigenvalue weighted by molar-refractivity contribution is 6.31. The van der Waals surface area contributed by atoms with Crippen LogP contribution in [0, 0.1) is 0 Å². The molecule has 0 amide bonds. The number of phenols is 1. The Morgan fingerprint density at radius 1 is 1.44 bits per heavy atom. The molecular weight excluding hydrogens is 228 g/mol. The van der Waals surface area contributed by atoms with E-state index in [9.17, 15) is 5.11 Å². The molecule has 5 heteroatoms. The molecule has 2 aromatic rings. The van der Waals surface area contributed by atoms with Crippen molar-refractivity contribution in [3.63, 3.8) is 0 Å². The highest BCUT2D eigenvalue weighted by atomic mass is 35.5. The van der Waals surface area contributed by atoms with E-state index in [0.717, 1.165) is 5.56 Å². The standard InChI is InChI=1S/C11H11ClN2O2/c1-2-6-3-7(12)4-8(10(6)15)9-5-14-16-11(9)13/h3-5,15H,2,13H2,1H3. The Bertz CT molecular complexity index is 523. The van der Waals surface area contributed by atoms with Gasteiger partial charge in [0.1, 0.15) is 5.75 Å². The first-order chi connectivity index (χ1) is 7.63. The summed E-state index contributed by atoms with van der Waals surface area (Å²) in [5.41, 5.74) is 7.46. The van der Waals surface area contributed by atoms with Crippen molar-refractivity contribution >= 4 is 17.5 Å². The molecule has 0 aliphatic heterocycles. The van der Waals surface area contributed by atoms with Gasteiger partial charge in [-0.1, -0.05) is 23.7 Å². The van der Waals surface area contributed by atoms with Gasteiger partial charge in [-0.2, -0.15) is 0 Å². The number of aryl methyl sites for hydroxylation is 1. The van der Waals surface area contributed by atoms with Gasteiger partial charge in [0, 0.05) is 10.6 Å². The molecule has 0 atom stereocenters. The zero-order valence-corrected chi connectivity index (χ0v) is 9.45. The molecule has 0 unspecified atom stereocenters. The van der Waals surface area contributed by atoms with Crippen LogP contribution in [0.25, 0.3) is 11.1 Å². The van der Waals surface area contributed by atoms with Crippen LogP contribution in [0.5, 0.6) is 5.75 Å². The Labute approximate surface area is 97.6 Å². The minimum atomic E-state index is 0.166. The summed E-state index contributed by atoms with van der Waals surface area (Å²) in [5.74, 6) is 0.335. The second-order valence-electron chi connectivity index (χ2n) is 3.42. The van der Waals surface area contributed by atoms with E-state index in [1.165, 1.54) is 6.20 Å². The van der Waals surface area contributed by atoms with Gasteiger partial charge in [0.15, 0.2) is 0 Å². The van der Waals surface area contributed by atoms with Gasteiger partial charge in [-0.3, -0.25) is 0 Å². The summed E-state index contributed by atoms with van der Waals surface area (Å²) in [6.45, 7) is 1.94. The van der Waals surface area contributed by atoms with Crippen molar-refractivity contribution in [1.29, 1.82) is 0 Å². The van der Waals surface area contributed by atoms with Crippen LogP contribution in [0.4, 0.5) is 5.88 Å². The lowest BCUT2D eigenvalue weighted by atomic mass is 10.0. The molecule has 16 heavy (non-hydrogen) atoms. The molecule has 0 spiro atoms. The highest BCUT2D eigenvalue weighted by Crippen LogP contribution is 2.37. The Hall–Kier alpha value is -1.68. The SMILES string of the molecule is CCc1cc(Cl)cc(-c2cnoc2N)c1O. The molecule has 0 aliphatic rings. The van der Waals surface area contributed by atoms with Crippen LogP contribution in [0.15, 0.2) is 22.9 Å². The van der Waals surface area contributed by atoms with Crippen LogP contribution in [0.3, 0.4) is 0 Å². The van der Waals surface area contributed by atoms with Crippen molar-refractivity contribution in [2.45, 2.75) is 13.3 Å². The number of aromatic hydroxyl groups is 1. The summed E-state index contributed by atoms with van der Waals surface area (Å²) in [6.07, 6.45) is 2.14. The van der Waals surface area contributed by atoms with Crippen LogP contribution in [0.2, 0.25) is 5.02 Å². The molecule has 4 nitrogen and oxygen atoms in total. The summed E-state index contributed by atoms with van der Waals surface area (Å²) < 4.78 is 4.76. The molecule has 0 saturated carbocycles. The van der Waals surface area contributed by atoms with Crippen LogP contribution < -0.4 is 5.73 Å². The third-order valence-electron chi connectivity index (χ3n) is 2.42. The Balaban J connectivity index is 2.65. The van der Waals surface area contributed by atoms with E-state index in [-0.39, 0.29) is 11.6 Å². The Kier molecular flexibility index (Phi) is 2.75. The fourth-order valence-electron chi connectivity index (χ4n) is 1.58. The van der Waals surface area contributed by atoms with Gasteiger partial charge < -0.3 is 15.4 Å². The van der Waals surface area contributed by atoms with E-state index in [1.807, 2.05) is 6.92 Å². The van der Waals surface area contributed by atoms with E-state index in [2.05, 4.69) is 5.16 Å². The average Bonchev–Trinajstić information content (AvgIpc) is 2.67. The zero-order valence-electron chi connectivity index (χ0n) is 8.70. The third kappa shape index (κ3) is 1.72. The summed E-state index contributed by atoms with van der Waals surface area (Å²) >= 11 is 5.97. The number of rotatable bonds is 2. The number of hydrogen-bond donors (Lipinski definition) is 2. The van der Waals surface area contributed by atoms with Gasteiger partial charge in [0.05, 0.1) is 11.8 Å². The van der Waals surface area contributed by atoms with Crippen LogP contribution >= 0.6 is 11.6 Å². The molecule has 0 aliphatic carbocycles. The molecular formula is C11H11ClN2O2. The number of nitrogens with zero attached hydrogens (tertiary/aromatic N) is 1. The lowest BCUT2D eigenvalue weighted by molar-refractivity contribution is 0.436. The maximum absolute atomic E-state index is 10.0. The van der Waals surface area contributed by atoms with Gasteiger partial charge in [-0.15, -0.1) is 0 Å². The van der Waals surface area contributed by atoms with Gasteiger partial charge in [0.25, 0.3) is 0 Å². The first-order valence-electron chi connectivity index (χ1n) is 4.85. The fraction of sp³-hybridized carbons (Fsp3) is 0.182. The maximum atomic E-state index is 10.0. The fourth-order valence-corrected chi connectivity index (χ4v) is 1.82. The number of benzene rings is 1. The lowest BCUT2D eigenvalue weighted by Crippen LogP contribution is -1.89. The number of anilines is 1. The predicted octanol–water partition coefficient (Wildman–Crippen LogP) is 2.85. The number of aromatic nitrogens is 1. The largest absolute Gasteiger partial charge is 0.507 e. The van der Waals surface area contributed by atoms with Crippen molar-refractivity contribution < 1.29 is 9.63 Å².